The summed E-state index contributed by atoms with van der Waals surface area (Å²) in [6.45, 7) is 2.03. The van der Waals surface area contributed by atoms with E-state index in [1.807, 2.05) is 26.1 Å². The van der Waals surface area contributed by atoms with Crippen LogP contribution in [0.5, 0.6) is 0 Å². The van der Waals surface area contributed by atoms with Crippen molar-refractivity contribution in [3.63, 3.8) is 0 Å². The van der Waals surface area contributed by atoms with Gasteiger partial charge in [0, 0.05) is 11.5 Å². The Kier molecular flexibility index (Phi) is 2.39. The molecule has 2 nitrogen and oxygen atoms in total. The lowest BCUT2D eigenvalue weighted by atomic mass is 10.2. The summed E-state index contributed by atoms with van der Waals surface area (Å²) in [5.41, 5.74) is 8.64. The van der Waals surface area contributed by atoms with Gasteiger partial charge >= 0.3 is 0 Å². The van der Waals surface area contributed by atoms with Gasteiger partial charge in [0.05, 0.1) is 11.4 Å². The maximum absolute atomic E-state index is 5.71. The van der Waals surface area contributed by atoms with E-state index in [0.717, 1.165) is 15.8 Å². The molecule has 0 aliphatic carbocycles. The van der Waals surface area contributed by atoms with Crippen molar-refractivity contribution in [2.75, 3.05) is 18.1 Å². The van der Waals surface area contributed by atoms with Crippen LogP contribution in [0.1, 0.15) is 5.56 Å². The first-order valence-corrected chi connectivity index (χ1v) is 4.18. The number of benzene rings is 1. The monoisotopic (exact) mass is 214 g/mol. The molecule has 11 heavy (non-hydrogen) atoms. The lowest BCUT2D eigenvalue weighted by Gasteiger charge is -2.06. The zero-order valence-corrected chi connectivity index (χ0v) is 8.20. The van der Waals surface area contributed by atoms with E-state index < -0.39 is 0 Å². The molecule has 0 saturated carbocycles. The summed E-state index contributed by atoms with van der Waals surface area (Å²) in [4.78, 5) is 0. The summed E-state index contributed by atoms with van der Waals surface area (Å²) in [5.74, 6) is 0. The number of nitrogen functional groups attached to an aromatic ring is 1. The molecule has 0 aromatic heterocycles. The van der Waals surface area contributed by atoms with Crippen molar-refractivity contribution in [2.24, 2.45) is 0 Å². The molecule has 0 radical (unpaired) electrons. The molecule has 60 valence electrons. The summed E-state index contributed by atoms with van der Waals surface area (Å²) in [6.07, 6.45) is 0. The predicted molar refractivity (Wildman–Crippen MR) is 52.8 cm³/mol. The number of rotatable bonds is 1. The van der Waals surface area contributed by atoms with E-state index in [2.05, 4.69) is 21.2 Å². The van der Waals surface area contributed by atoms with E-state index in [1.165, 1.54) is 5.56 Å². The first kappa shape index (κ1) is 8.40. The molecule has 3 N–H and O–H groups in total. The van der Waals surface area contributed by atoms with Crippen LogP contribution >= 0.6 is 15.9 Å². The van der Waals surface area contributed by atoms with Crippen LogP contribution in [-0.4, -0.2) is 7.05 Å². The molecule has 1 aromatic rings. The van der Waals surface area contributed by atoms with Crippen LogP contribution in [0.3, 0.4) is 0 Å². The summed E-state index contributed by atoms with van der Waals surface area (Å²) < 4.78 is 1.05. The molecule has 0 fully saturated rings. The van der Waals surface area contributed by atoms with Gasteiger partial charge < -0.3 is 11.1 Å². The summed E-state index contributed by atoms with van der Waals surface area (Å²) in [6, 6.07) is 3.92. The Morgan fingerprint density at radius 3 is 2.64 bits per heavy atom. The highest BCUT2D eigenvalue weighted by molar-refractivity contribution is 9.10. The third kappa shape index (κ3) is 1.66. The van der Waals surface area contributed by atoms with E-state index in [4.69, 9.17) is 5.73 Å². The number of aryl methyl sites for hydroxylation is 1. The van der Waals surface area contributed by atoms with E-state index in [-0.39, 0.29) is 0 Å². The predicted octanol–water partition coefficient (Wildman–Crippen LogP) is 2.38. The Morgan fingerprint density at radius 1 is 1.45 bits per heavy atom. The van der Waals surface area contributed by atoms with Gasteiger partial charge in [-0.25, -0.2) is 0 Å². The average molecular weight is 215 g/mol. The van der Waals surface area contributed by atoms with Crippen LogP contribution in [0.4, 0.5) is 11.4 Å². The van der Waals surface area contributed by atoms with E-state index >= 15 is 0 Å². The highest BCUT2D eigenvalue weighted by Gasteiger charge is 2.00. The minimum Gasteiger partial charge on any atom is -0.397 e. The summed E-state index contributed by atoms with van der Waals surface area (Å²) >= 11 is 3.40. The minimum atomic E-state index is 0.768. The maximum Gasteiger partial charge on any atom is 0.0574 e. The molecule has 0 heterocycles. The minimum absolute atomic E-state index is 0.768. The number of nitrogens with one attached hydrogen (secondary N) is 1. The SMILES string of the molecule is CNc1cc(C)c(Br)cc1N. The molecule has 0 bridgehead atoms. The first-order valence-electron chi connectivity index (χ1n) is 3.38. The van der Waals surface area contributed by atoms with Crippen LogP contribution in [-0.2, 0) is 0 Å². The standard InChI is InChI=1S/C8H11BrN2/c1-5-3-8(11-2)7(10)4-6(5)9/h3-4,11H,10H2,1-2H3. The van der Waals surface area contributed by atoms with E-state index in [1.54, 1.807) is 0 Å². The number of nitrogens with two attached hydrogens (primary N) is 1. The van der Waals surface area contributed by atoms with Crippen LogP contribution < -0.4 is 11.1 Å². The van der Waals surface area contributed by atoms with Gasteiger partial charge in [-0.2, -0.15) is 0 Å². The fourth-order valence-electron chi connectivity index (χ4n) is 0.913. The highest BCUT2D eigenvalue weighted by Crippen LogP contribution is 2.26. The normalized spacial score (nSPS) is 9.73. The van der Waals surface area contributed by atoms with Crippen molar-refractivity contribution >= 4 is 27.3 Å². The zero-order chi connectivity index (χ0) is 8.43. The molecule has 0 saturated heterocycles. The second-order valence-corrected chi connectivity index (χ2v) is 3.29. The van der Waals surface area contributed by atoms with Crippen molar-refractivity contribution in [1.29, 1.82) is 0 Å². The smallest absolute Gasteiger partial charge is 0.0574 e. The van der Waals surface area contributed by atoms with Gasteiger partial charge in [-0.3, -0.25) is 0 Å². The lowest BCUT2D eigenvalue weighted by Crippen LogP contribution is -1.96. The van der Waals surface area contributed by atoms with Gasteiger partial charge in [-0.05, 0) is 24.6 Å². The molecule has 1 rings (SSSR count). The fraction of sp³-hybridized carbons (Fsp3) is 0.250. The zero-order valence-electron chi connectivity index (χ0n) is 6.61. The third-order valence-electron chi connectivity index (χ3n) is 1.60. The average Bonchev–Trinajstić information content (AvgIpc) is 1.97. The Bertz CT molecular complexity index is 271. The van der Waals surface area contributed by atoms with Crippen LogP contribution in [0, 0.1) is 6.92 Å². The molecule has 0 aliphatic heterocycles. The van der Waals surface area contributed by atoms with Crippen LogP contribution in [0.15, 0.2) is 16.6 Å². The Morgan fingerprint density at radius 2 is 2.09 bits per heavy atom. The number of hydrogen-bond donors (Lipinski definition) is 2. The topological polar surface area (TPSA) is 38.0 Å². The van der Waals surface area contributed by atoms with Crippen molar-refractivity contribution in [3.8, 4) is 0 Å². The van der Waals surface area contributed by atoms with Gasteiger partial charge in [-0.15, -0.1) is 0 Å². The molecule has 0 atom stereocenters. The molecule has 0 amide bonds. The Hall–Kier alpha value is -0.700. The molecular formula is C8H11BrN2. The number of halogens is 1. The maximum atomic E-state index is 5.71. The number of anilines is 2. The third-order valence-corrected chi connectivity index (χ3v) is 2.45. The van der Waals surface area contributed by atoms with E-state index in [0.29, 0.717) is 0 Å². The lowest BCUT2D eigenvalue weighted by molar-refractivity contribution is 1.40. The van der Waals surface area contributed by atoms with E-state index in [9.17, 15) is 0 Å². The molecule has 0 unspecified atom stereocenters. The molecule has 3 heteroatoms. The van der Waals surface area contributed by atoms with Crippen molar-refractivity contribution in [1.82, 2.24) is 0 Å². The second-order valence-electron chi connectivity index (χ2n) is 2.44. The van der Waals surface area contributed by atoms with Gasteiger partial charge in [0.25, 0.3) is 0 Å². The molecule has 0 aliphatic rings. The van der Waals surface area contributed by atoms with Crippen molar-refractivity contribution in [3.05, 3.63) is 22.2 Å². The Balaban J connectivity index is 3.21. The first-order chi connectivity index (χ1) is 5.15. The van der Waals surface area contributed by atoms with Gasteiger partial charge in [0.15, 0.2) is 0 Å². The van der Waals surface area contributed by atoms with Gasteiger partial charge in [0.1, 0.15) is 0 Å². The van der Waals surface area contributed by atoms with Gasteiger partial charge in [-0.1, -0.05) is 15.9 Å². The summed E-state index contributed by atoms with van der Waals surface area (Å²) in [7, 11) is 1.86. The van der Waals surface area contributed by atoms with Crippen molar-refractivity contribution < 1.29 is 0 Å². The second kappa shape index (κ2) is 3.13. The molecule has 0 spiro atoms. The van der Waals surface area contributed by atoms with Gasteiger partial charge in [0.2, 0.25) is 0 Å². The fourth-order valence-corrected chi connectivity index (χ4v) is 1.27. The van der Waals surface area contributed by atoms with Crippen LogP contribution in [0.2, 0.25) is 0 Å². The highest BCUT2D eigenvalue weighted by atomic mass is 79.9. The Labute approximate surface area is 74.9 Å². The quantitative estimate of drug-likeness (QED) is 0.706. The summed E-state index contributed by atoms with van der Waals surface area (Å²) in [5, 5.41) is 3.02. The number of hydrogen-bond acceptors (Lipinski definition) is 2. The molecule has 1 aromatic carbocycles. The van der Waals surface area contributed by atoms with Crippen molar-refractivity contribution in [2.45, 2.75) is 6.92 Å². The molecular weight excluding hydrogens is 204 g/mol. The van der Waals surface area contributed by atoms with Crippen LogP contribution in [0.25, 0.3) is 0 Å². The largest absolute Gasteiger partial charge is 0.397 e.